The van der Waals surface area contributed by atoms with Gasteiger partial charge in [-0.25, -0.2) is 0 Å². The Hall–Kier alpha value is -2.62. The van der Waals surface area contributed by atoms with Crippen LogP contribution < -0.4 is 11.1 Å². The Morgan fingerprint density at radius 1 is 1.17 bits per heavy atom. The number of hydrogen-bond donors (Lipinski definition) is 2. The van der Waals surface area contributed by atoms with Gasteiger partial charge in [0.15, 0.2) is 0 Å². The summed E-state index contributed by atoms with van der Waals surface area (Å²) in [6.45, 7) is 2.72. The van der Waals surface area contributed by atoms with Crippen LogP contribution in [0.25, 0.3) is 0 Å². The molecule has 4 rings (SSSR count). The van der Waals surface area contributed by atoms with Crippen molar-refractivity contribution >= 4 is 23.6 Å². The number of carbonyl (C=O) groups excluding carboxylic acids is 4. The number of rotatable bonds is 6. The molecule has 9 heteroatoms. The number of nitrogens with zero attached hydrogens (tertiary/aromatic N) is 2. The number of nitrogens with one attached hydrogen (secondary N) is 1. The summed E-state index contributed by atoms with van der Waals surface area (Å²) in [6.07, 6.45) is 1.22. The summed E-state index contributed by atoms with van der Waals surface area (Å²) in [4.78, 5) is 52.6. The number of ether oxygens (including phenoxy) is 1. The summed E-state index contributed by atoms with van der Waals surface area (Å²) in [7, 11) is 1.69. The van der Waals surface area contributed by atoms with Crippen LogP contribution in [0.3, 0.4) is 0 Å². The molecule has 3 aliphatic rings. The molecule has 1 aromatic carbocycles. The Balaban J connectivity index is 1.52. The highest BCUT2D eigenvalue weighted by Crippen LogP contribution is 2.30. The number of hydrogen-bond acceptors (Lipinski definition) is 7. The molecule has 1 aromatic rings. The Morgan fingerprint density at radius 3 is 2.63 bits per heavy atom. The molecule has 0 saturated carbocycles. The van der Waals surface area contributed by atoms with Gasteiger partial charge in [-0.1, -0.05) is 6.07 Å². The van der Waals surface area contributed by atoms with E-state index in [-0.39, 0.29) is 24.8 Å². The van der Waals surface area contributed by atoms with Crippen molar-refractivity contribution in [1.82, 2.24) is 15.1 Å². The molecular formula is C21H26N4O5. The summed E-state index contributed by atoms with van der Waals surface area (Å²) < 4.78 is 5.28. The third kappa shape index (κ3) is 3.64. The molecule has 0 spiro atoms. The normalized spacial score (nSPS) is 27.0. The van der Waals surface area contributed by atoms with Crippen LogP contribution >= 0.6 is 0 Å². The third-order valence-electron chi connectivity index (χ3n) is 6.18. The molecule has 3 heterocycles. The van der Waals surface area contributed by atoms with Crippen molar-refractivity contribution in [1.29, 1.82) is 0 Å². The minimum Gasteiger partial charge on any atom is -0.384 e. The number of nitrogens with two attached hydrogens (primary N) is 1. The van der Waals surface area contributed by atoms with Gasteiger partial charge < -0.3 is 10.5 Å². The van der Waals surface area contributed by atoms with Crippen LogP contribution in [-0.4, -0.2) is 72.3 Å². The van der Waals surface area contributed by atoms with Gasteiger partial charge in [0.2, 0.25) is 11.8 Å². The fourth-order valence-corrected chi connectivity index (χ4v) is 4.74. The first-order valence-electron chi connectivity index (χ1n) is 10.2. The lowest BCUT2D eigenvalue weighted by atomic mass is 10.0. The van der Waals surface area contributed by atoms with Crippen LogP contribution in [0.1, 0.15) is 45.5 Å². The highest BCUT2D eigenvalue weighted by atomic mass is 16.5. The van der Waals surface area contributed by atoms with Crippen LogP contribution in [0.15, 0.2) is 18.2 Å². The van der Waals surface area contributed by atoms with Crippen LogP contribution in [0, 0.1) is 5.92 Å². The van der Waals surface area contributed by atoms with Gasteiger partial charge in [0.05, 0.1) is 17.7 Å². The second kappa shape index (κ2) is 8.25. The maximum Gasteiger partial charge on any atom is 0.262 e. The third-order valence-corrected chi connectivity index (χ3v) is 6.18. The average Bonchev–Trinajstić information content (AvgIpc) is 3.21. The van der Waals surface area contributed by atoms with Crippen molar-refractivity contribution in [3.05, 3.63) is 34.9 Å². The van der Waals surface area contributed by atoms with Gasteiger partial charge in [0.25, 0.3) is 11.8 Å². The number of fused-ring (bicyclic) bond motifs is 1. The quantitative estimate of drug-likeness (QED) is 0.623. The minimum absolute atomic E-state index is 0.104. The van der Waals surface area contributed by atoms with Gasteiger partial charge in [-0.05, 0) is 36.5 Å². The molecule has 3 aliphatic heterocycles. The Bertz CT molecular complexity index is 901. The summed E-state index contributed by atoms with van der Waals surface area (Å²) in [5, 5.41) is 2.21. The summed E-state index contributed by atoms with van der Waals surface area (Å²) in [6, 6.07) is 4.52. The van der Waals surface area contributed by atoms with Crippen molar-refractivity contribution in [2.45, 2.75) is 37.9 Å². The number of benzene rings is 1. The van der Waals surface area contributed by atoms with E-state index in [4.69, 9.17) is 10.5 Å². The summed E-state index contributed by atoms with van der Waals surface area (Å²) in [5.41, 5.74) is 7.45. The monoisotopic (exact) mass is 414 g/mol. The van der Waals surface area contributed by atoms with Crippen LogP contribution in [-0.2, 0) is 20.9 Å². The number of imide groups is 2. The van der Waals surface area contributed by atoms with Gasteiger partial charge in [0.1, 0.15) is 6.04 Å². The molecule has 0 bridgehead atoms. The molecule has 2 fully saturated rings. The fraction of sp³-hybridized carbons (Fsp3) is 0.524. The first-order valence-corrected chi connectivity index (χ1v) is 10.2. The van der Waals surface area contributed by atoms with E-state index in [0.29, 0.717) is 36.7 Å². The predicted octanol–water partition coefficient (Wildman–Crippen LogP) is -0.117. The highest BCUT2D eigenvalue weighted by Gasteiger charge is 2.44. The fourth-order valence-electron chi connectivity index (χ4n) is 4.74. The summed E-state index contributed by atoms with van der Waals surface area (Å²) in [5.74, 6) is -1.54. The van der Waals surface area contributed by atoms with Crippen molar-refractivity contribution in [3.8, 4) is 0 Å². The molecule has 160 valence electrons. The minimum atomic E-state index is -0.950. The van der Waals surface area contributed by atoms with E-state index in [9.17, 15) is 19.2 Å². The zero-order valence-corrected chi connectivity index (χ0v) is 16.9. The molecule has 0 aliphatic carbocycles. The molecular weight excluding hydrogens is 388 g/mol. The van der Waals surface area contributed by atoms with Crippen LogP contribution in [0.5, 0.6) is 0 Å². The molecule has 0 aromatic heterocycles. The van der Waals surface area contributed by atoms with Crippen molar-refractivity contribution in [3.63, 3.8) is 0 Å². The number of carbonyl (C=O) groups is 4. The molecule has 30 heavy (non-hydrogen) atoms. The number of likely N-dealkylation sites (tertiary alicyclic amines) is 1. The molecule has 4 amide bonds. The van der Waals surface area contributed by atoms with E-state index < -0.39 is 23.8 Å². The Kier molecular flexibility index (Phi) is 5.68. The first kappa shape index (κ1) is 20.6. The highest BCUT2D eigenvalue weighted by molar-refractivity contribution is 6.23. The number of piperidine rings is 1. The Labute approximate surface area is 174 Å². The Morgan fingerprint density at radius 2 is 1.93 bits per heavy atom. The zero-order chi connectivity index (χ0) is 21.4. The van der Waals surface area contributed by atoms with Crippen LogP contribution in [0.4, 0.5) is 0 Å². The van der Waals surface area contributed by atoms with Crippen LogP contribution in [0.2, 0.25) is 0 Å². The molecule has 1 unspecified atom stereocenters. The van der Waals surface area contributed by atoms with E-state index in [2.05, 4.69) is 10.2 Å². The standard InChI is InChI=1S/C21H26N4O5/c1-30-11-13-6-14(8-22)24(10-13)9-12-2-3-15-16(7-12)21(29)25(20(15)28)17-4-5-18(26)23-19(17)27/h2-3,7,13-14,17H,4-6,8-11,22H2,1H3,(H,23,26,27)/t13-,14-,17?/m0/s1. The number of amides is 4. The van der Waals surface area contributed by atoms with Gasteiger partial charge in [0, 0.05) is 39.2 Å². The smallest absolute Gasteiger partial charge is 0.262 e. The lowest BCUT2D eigenvalue weighted by molar-refractivity contribution is -0.136. The van der Waals surface area contributed by atoms with Crippen molar-refractivity contribution < 1.29 is 23.9 Å². The van der Waals surface area contributed by atoms with E-state index in [1.807, 2.05) is 6.07 Å². The van der Waals surface area contributed by atoms with Crippen molar-refractivity contribution in [2.24, 2.45) is 11.7 Å². The molecule has 3 N–H and O–H groups in total. The van der Waals surface area contributed by atoms with E-state index in [1.165, 1.54) is 0 Å². The molecule has 9 nitrogen and oxygen atoms in total. The topological polar surface area (TPSA) is 122 Å². The predicted molar refractivity (Wildman–Crippen MR) is 106 cm³/mol. The lowest BCUT2D eigenvalue weighted by Crippen LogP contribution is -2.54. The summed E-state index contributed by atoms with van der Waals surface area (Å²) >= 11 is 0. The zero-order valence-electron chi connectivity index (χ0n) is 16.9. The SMILES string of the molecule is COC[C@H]1C[C@@H](CN)N(Cc2ccc3c(c2)C(=O)N(C2CCC(=O)NC2=O)C3=O)C1. The number of methoxy groups -OCH3 is 1. The average molecular weight is 414 g/mol. The van der Waals surface area contributed by atoms with E-state index >= 15 is 0 Å². The van der Waals surface area contributed by atoms with E-state index in [0.717, 1.165) is 23.4 Å². The lowest BCUT2D eigenvalue weighted by Gasteiger charge is -2.27. The van der Waals surface area contributed by atoms with E-state index in [1.54, 1.807) is 19.2 Å². The molecule has 2 saturated heterocycles. The maximum atomic E-state index is 13.0. The van der Waals surface area contributed by atoms with Gasteiger partial charge in [-0.15, -0.1) is 0 Å². The van der Waals surface area contributed by atoms with Gasteiger partial charge >= 0.3 is 0 Å². The second-order valence-electron chi connectivity index (χ2n) is 8.20. The van der Waals surface area contributed by atoms with Gasteiger partial charge in [-0.3, -0.25) is 34.3 Å². The largest absolute Gasteiger partial charge is 0.384 e. The van der Waals surface area contributed by atoms with Crippen molar-refractivity contribution in [2.75, 3.05) is 26.8 Å². The first-order chi connectivity index (χ1) is 14.4. The van der Waals surface area contributed by atoms with Gasteiger partial charge in [-0.2, -0.15) is 0 Å². The molecule has 3 atom stereocenters. The second-order valence-corrected chi connectivity index (χ2v) is 8.20. The maximum absolute atomic E-state index is 13.0. The molecule has 0 radical (unpaired) electrons.